The number of nitrogens with two attached hydrogens (primary N) is 1. The summed E-state index contributed by atoms with van der Waals surface area (Å²) in [5.41, 5.74) is 7.00. The maximum atomic E-state index is 13.7. The number of sulfone groups is 1. The molecule has 212 valence electrons. The molecule has 10 heteroatoms. The monoisotopic (exact) mass is 557 g/mol. The van der Waals surface area contributed by atoms with Gasteiger partial charge in [0.25, 0.3) is 11.8 Å². The van der Waals surface area contributed by atoms with Gasteiger partial charge < -0.3 is 4.74 Å². The number of carbonyl (C=O) groups is 2. The summed E-state index contributed by atoms with van der Waals surface area (Å²) in [6, 6.07) is 14.7. The number of nitrogens with one attached hydrogen (secondary N) is 2. The first-order valence-corrected chi connectivity index (χ1v) is 15.1. The Morgan fingerprint density at radius 3 is 2.56 bits per heavy atom. The molecular weight excluding hydrogens is 518 g/mol. The van der Waals surface area contributed by atoms with Crippen molar-refractivity contribution >= 4 is 27.7 Å². The van der Waals surface area contributed by atoms with Gasteiger partial charge in [-0.2, -0.15) is 0 Å². The molecule has 2 amide bonds. The van der Waals surface area contributed by atoms with Crippen molar-refractivity contribution in [2.75, 3.05) is 12.9 Å². The fraction of sp³-hybridized carbons (Fsp3) is 0.448. The minimum absolute atomic E-state index is 0.00840. The highest BCUT2D eigenvalue weighted by Gasteiger charge is 2.50. The summed E-state index contributed by atoms with van der Waals surface area (Å²) in [4.78, 5) is 32.5. The first kappa shape index (κ1) is 30.5. The lowest BCUT2D eigenvalue weighted by molar-refractivity contribution is -0.201. The van der Waals surface area contributed by atoms with E-state index in [1.165, 1.54) is 0 Å². The topological polar surface area (TPSA) is 137 Å². The van der Waals surface area contributed by atoms with Crippen molar-refractivity contribution in [3.63, 3.8) is 0 Å². The standard InChI is InChI=1S/C29H39N3O6S/c1-4-18-29(28(34)31-30,39(3,35)36)25-17-16-21(2)20-24(25)23(14-10-13-22-11-6-5-7-12-22)27(33)32-38-26-15-8-9-19-37-26/h5-7,10-13,16-17,20,23,26H,4,8-9,14-15,18-19,30H2,1-3H3,(H,31,34)(H,32,33)/b13-10+/t23-,26?,29+/m0/s1. The van der Waals surface area contributed by atoms with Crippen molar-refractivity contribution in [1.29, 1.82) is 0 Å². The number of ether oxygens (including phenoxy) is 1. The summed E-state index contributed by atoms with van der Waals surface area (Å²) >= 11 is 0. The first-order valence-electron chi connectivity index (χ1n) is 13.2. The van der Waals surface area contributed by atoms with Crippen LogP contribution in [-0.4, -0.2) is 39.4 Å². The van der Waals surface area contributed by atoms with Crippen molar-refractivity contribution in [2.45, 2.75) is 69.3 Å². The molecular formula is C29H39N3O6S. The number of benzene rings is 2. The van der Waals surface area contributed by atoms with E-state index in [9.17, 15) is 18.0 Å². The molecule has 3 atom stereocenters. The van der Waals surface area contributed by atoms with Crippen molar-refractivity contribution < 1.29 is 27.6 Å². The number of hydrogen-bond acceptors (Lipinski definition) is 7. The van der Waals surface area contributed by atoms with Crippen LogP contribution in [0.15, 0.2) is 54.6 Å². The van der Waals surface area contributed by atoms with E-state index in [0.717, 1.165) is 30.2 Å². The van der Waals surface area contributed by atoms with Crippen molar-refractivity contribution in [1.82, 2.24) is 10.9 Å². The van der Waals surface area contributed by atoms with Crippen LogP contribution in [-0.2, 0) is 33.7 Å². The van der Waals surface area contributed by atoms with Gasteiger partial charge in [-0.3, -0.25) is 15.0 Å². The van der Waals surface area contributed by atoms with Crippen molar-refractivity contribution in [3.05, 3.63) is 76.9 Å². The van der Waals surface area contributed by atoms with Crippen molar-refractivity contribution in [2.24, 2.45) is 5.84 Å². The molecule has 1 aliphatic heterocycles. The first-order chi connectivity index (χ1) is 18.6. The highest BCUT2D eigenvalue weighted by Crippen LogP contribution is 2.41. The summed E-state index contributed by atoms with van der Waals surface area (Å²) in [7, 11) is -4.03. The zero-order valence-electron chi connectivity index (χ0n) is 22.8. The second-order valence-corrected chi connectivity index (χ2v) is 12.1. The van der Waals surface area contributed by atoms with E-state index in [-0.39, 0.29) is 18.4 Å². The summed E-state index contributed by atoms with van der Waals surface area (Å²) in [6.07, 6.45) is 7.33. The highest BCUT2D eigenvalue weighted by molar-refractivity contribution is 7.92. The number of hydroxylamine groups is 1. The van der Waals surface area contributed by atoms with Gasteiger partial charge in [-0.15, -0.1) is 0 Å². The van der Waals surface area contributed by atoms with E-state index in [1.807, 2.05) is 49.4 Å². The van der Waals surface area contributed by atoms with Crippen LogP contribution in [0.1, 0.15) is 73.6 Å². The van der Waals surface area contributed by atoms with Crippen LogP contribution in [0.25, 0.3) is 6.08 Å². The molecule has 0 spiro atoms. The average molecular weight is 558 g/mol. The van der Waals surface area contributed by atoms with Gasteiger partial charge in [-0.05, 0) is 49.3 Å². The molecule has 2 aromatic carbocycles. The lowest BCUT2D eigenvalue weighted by Crippen LogP contribution is -2.52. The summed E-state index contributed by atoms with van der Waals surface area (Å²) in [5, 5.41) is 0. The van der Waals surface area contributed by atoms with E-state index in [0.29, 0.717) is 25.0 Å². The van der Waals surface area contributed by atoms with Gasteiger partial charge >= 0.3 is 0 Å². The molecule has 0 aliphatic carbocycles. The van der Waals surface area contributed by atoms with Crippen LogP contribution in [0.5, 0.6) is 0 Å². The number of allylic oxidation sites excluding steroid dienone is 1. The van der Waals surface area contributed by atoms with Crippen LogP contribution < -0.4 is 16.7 Å². The second-order valence-electron chi connectivity index (χ2n) is 9.89. The Balaban J connectivity index is 2.10. The molecule has 1 aliphatic rings. The Bertz CT molecular complexity index is 1260. The maximum absolute atomic E-state index is 13.7. The third kappa shape index (κ3) is 7.33. The number of aryl methyl sites for hydroxylation is 1. The van der Waals surface area contributed by atoms with E-state index in [1.54, 1.807) is 25.1 Å². The fourth-order valence-electron chi connectivity index (χ4n) is 5.01. The van der Waals surface area contributed by atoms with E-state index in [4.69, 9.17) is 15.4 Å². The van der Waals surface area contributed by atoms with Crippen molar-refractivity contribution in [3.8, 4) is 0 Å². The number of hydrazine groups is 1. The summed E-state index contributed by atoms with van der Waals surface area (Å²) < 4.78 is 30.3. The van der Waals surface area contributed by atoms with Gasteiger partial charge in [0.05, 0.1) is 5.92 Å². The smallest absolute Gasteiger partial charge is 0.259 e. The third-order valence-electron chi connectivity index (χ3n) is 6.98. The van der Waals surface area contributed by atoms with Gasteiger partial charge in [-0.25, -0.2) is 24.6 Å². The van der Waals surface area contributed by atoms with Gasteiger partial charge in [0.2, 0.25) is 0 Å². The molecule has 0 bridgehead atoms. The zero-order valence-corrected chi connectivity index (χ0v) is 23.6. The van der Waals surface area contributed by atoms with Crippen LogP contribution in [0.2, 0.25) is 0 Å². The van der Waals surface area contributed by atoms with Crippen LogP contribution in [0, 0.1) is 6.92 Å². The molecule has 4 N–H and O–H groups in total. The van der Waals surface area contributed by atoms with Gasteiger partial charge in [0, 0.05) is 19.3 Å². The molecule has 1 saturated heterocycles. The second kappa shape index (κ2) is 13.8. The molecule has 0 saturated carbocycles. The van der Waals surface area contributed by atoms with Gasteiger partial charge in [-0.1, -0.05) is 79.6 Å². The predicted octanol–water partition coefficient (Wildman–Crippen LogP) is 3.79. The largest absolute Gasteiger partial charge is 0.350 e. The maximum Gasteiger partial charge on any atom is 0.259 e. The Labute approximate surface area is 231 Å². The number of amides is 2. The van der Waals surface area contributed by atoms with E-state index in [2.05, 4.69) is 10.9 Å². The van der Waals surface area contributed by atoms with Crippen LogP contribution in [0.4, 0.5) is 0 Å². The normalized spacial score (nSPS) is 18.3. The molecule has 39 heavy (non-hydrogen) atoms. The molecule has 1 heterocycles. The predicted molar refractivity (Wildman–Crippen MR) is 151 cm³/mol. The Morgan fingerprint density at radius 2 is 1.95 bits per heavy atom. The quantitative estimate of drug-likeness (QED) is 0.205. The molecule has 1 unspecified atom stereocenters. The minimum atomic E-state index is -4.03. The fourth-order valence-corrected chi connectivity index (χ4v) is 6.57. The van der Waals surface area contributed by atoms with E-state index >= 15 is 0 Å². The Morgan fingerprint density at radius 1 is 1.21 bits per heavy atom. The molecule has 1 fully saturated rings. The third-order valence-corrected chi connectivity index (χ3v) is 8.85. The van der Waals surface area contributed by atoms with Gasteiger partial charge in [0.1, 0.15) is 0 Å². The lowest BCUT2D eigenvalue weighted by atomic mass is 9.81. The number of rotatable bonds is 12. The number of hydrogen-bond donors (Lipinski definition) is 3. The Kier molecular flexibility index (Phi) is 10.8. The SMILES string of the molecule is CCC[C@](C(=O)NN)(c1ccc(C)cc1[C@H](C/C=C/c1ccccc1)C(=O)NOC1CCCCO1)S(C)(=O)=O. The molecule has 0 radical (unpaired) electrons. The molecule has 3 rings (SSSR count). The molecule has 2 aromatic rings. The minimum Gasteiger partial charge on any atom is -0.350 e. The van der Waals surface area contributed by atoms with E-state index < -0.39 is 38.6 Å². The van der Waals surface area contributed by atoms with Gasteiger partial charge in [0.15, 0.2) is 20.9 Å². The van der Waals surface area contributed by atoms with Crippen LogP contribution >= 0.6 is 0 Å². The lowest BCUT2D eigenvalue weighted by Gasteiger charge is -2.34. The average Bonchev–Trinajstić information content (AvgIpc) is 2.93. The zero-order chi connectivity index (χ0) is 28.5. The summed E-state index contributed by atoms with van der Waals surface area (Å²) in [6.45, 7) is 4.19. The molecule has 0 aromatic heterocycles. The Hall–Kier alpha value is -3.05. The highest BCUT2D eigenvalue weighted by atomic mass is 32.2. The van der Waals surface area contributed by atoms with Crippen LogP contribution in [0.3, 0.4) is 0 Å². The summed E-state index contributed by atoms with van der Waals surface area (Å²) in [5.74, 6) is 3.34. The molecule has 9 nitrogen and oxygen atoms in total. The number of carbonyl (C=O) groups excluding carboxylic acids is 2.